The molecule has 0 saturated carbocycles. The van der Waals surface area contributed by atoms with Crippen molar-refractivity contribution in [3.05, 3.63) is 106 Å². The first-order valence-electron chi connectivity index (χ1n) is 13.6. The molecule has 0 heterocycles. The lowest BCUT2D eigenvalue weighted by Gasteiger charge is -2.37. The summed E-state index contributed by atoms with van der Waals surface area (Å²) in [6.07, 6.45) is 3.12. The molecule has 0 amide bonds. The van der Waals surface area contributed by atoms with Crippen LogP contribution < -0.4 is 0 Å². The fourth-order valence-corrected chi connectivity index (χ4v) is 5.37. The van der Waals surface area contributed by atoms with E-state index in [4.69, 9.17) is 11.6 Å². The van der Waals surface area contributed by atoms with Crippen LogP contribution in [0.3, 0.4) is 0 Å². The minimum Gasteiger partial charge on any atom is -0.127 e. The number of rotatable bonds is 7. The number of unbranched alkanes of at least 4 members (excludes halogenated alkanes) is 1. The Kier molecular flexibility index (Phi) is 8.51. The highest BCUT2D eigenvalue weighted by atomic mass is 35.5. The van der Waals surface area contributed by atoms with E-state index >= 15 is 0 Å². The highest BCUT2D eigenvalue weighted by Gasteiger charge is 2.36. The maximum absolute atomic E-state index is 6.18. The summed E-state index contributed by atoms with van der Waals surface area (Å²) in [6.45, 7) is 20.6. The minimum absolute atomic E-state index is 0.128. The Morgan fingerprint density at radius 2 is 0.667 bits per heavy atom. The number of alkyl halides is 1. The Labute approximate surface area is 226 Å². The van der Waals surface area contributed by atoms with Crippen molar-refractivity contribution < 1.29 is 0 Å². The van der Waals surface area contributed by atoms with Crippen LogP contribution in [0, 0.1) is 0 Å². The summed E-state index contributed by atoms with van der Waals surface area (Å²) >= 11 is 6.18. The van der Waals surface area contributed by atoms with E-state index in [0.29, 0.717) is 5.88 Å². The van der Waals surface area contributed by atoms with Crippen molar-refractivity contribution in [2.75, 3.05) is 5.88 Å². The molecule has 0 radical (unpaired) electrons. The summed E-state index contributed by atoms with van der Waals surface area (Å²) < 4.78 is 0. The van der Waals surface area contributed by atoms with Crippen molar-refractivity contribution in [3.8, 4) is 0 Å². The van der Waals surface area contributed by atoms with Crippen molar-refractivity contribution in [1.82, 2.24) is 0 Å². The lowest BCUT2D eigenvalue weighted by atomic mass is 9.65. The van der Waals surface area contributed by atoms with Gasteiger partial charge in [-0.1, -0.05) is 142 Å². The maximum atomic E-state index is 6.18. The van der Waals surface area contributed by atoms with E-state index in [9.17, 15) is 0 Å². The molecule has 0 N–H and O–H groups in total. The van der Waals surface area contributed by atoms with Crippen molar-refractivity contribution >= 4 is 11.6 Å². The van der Waals surface area contributed by atoms with E-state index in [1.807, 2.05) is 0 Å². The summed E-state index contributed by atoms with van der Waals surface area (Å²) in [5, 5.41) is 0. The van der Waals surface area contributed by atoms with Crippen molar-refractivity contribution in [1.29, 1.82) is 0 Å². The number of hydrogen-bond acceptors (Lipinski definition) is 0. The van der Waals surface area contributed by atoms with Gasteiger partial charge in [-0.15, -0.1) is 11.6 Å². The Hall–Kier alpha value is -2.05. The van der Waals surface area contributed by atoms with Crippen LogP contribution in [0.2, 0.25) is 0 Å². The molecule has 1 heteroatoms. The molecule has 194 valence electrons. The summed E-state index contributed by atoms with van der Waals surface area (Å²) in [7, 11) is 0. The topological polar surface area (TPSA) is 0 Å². The van der Waals surface area contributed by atoms with Crippen LogP contribution >= 0.6 is 11.6 Å². The normalized spacial score (nSPS) is 13.2. The van der Waals surface area contributed by atoms with E-state index in [1.165, 1.54) is 33.4 Å². The summed E-state index contributed by atoms with van der Waals surface area (Å²) in [5.41, 5.74) is 8.33. The highest BCUT2D eigenvalue weighted by Crippen LogP contribution is 2.45. The molecular weight excluding hydrogens is 456 g/mol. The Morgan fingerprint density at radius 3 is 0.889 bits per heavy atom. The van der Waals surface area contributed by atoms with E-state index in [0.717, 1.165) is 19.3 Å². The zero-order valence-electron chi connectivity index (χ0n) is 24.1. The van der Waals surface area contributed by atoms with Crippen LogP contribution in [0.15, 0.2) is 72.8 Å². The van der Waals surface area contributed by atoms with E-state index in [1.54, 1.807) is 0 Å². The van der Waals surface area contributed by atoms with Gasteiger partial charge in [-0.3, -0.25) is 0 Å². The van der Waals surface area contributed by atoms with Gasteiger partial charge in [-0.25, -0.2) is 0 Å². The fourth-order valence-electron chi connectivity index (χ4n) is 5.18. The molecule has 0 aliphatic carbocycles. The van der Waals surface area contributed by atoms with Gasteiger partial charge in [0.1, 0.15) is 0 Å². The number of halogens is 1. The third-order valence-electron chi connectivity index (χ3n) is 7.67. The number of benzene rings is 3. The van der Waals surface area contributed by atoms with Gasteiger partial charge in [-0.2, -0.15) is 0 Å². The molecule has 0 unspecified atom stereocenters. The van der Waals surface area contributed by atoms with Crippen LogP contribution in [-0.2, 0) is 21.7 Å². The van der Waals surface area contributed by atoms with Crippen molar-refractivity contribution in [2.45, 2.75) is 103 Å². The molecule has 0 atom stereocenters. The van der Waals surface area contributed by atoms with Crippen molar-refractivity contribution in [2.24, 2.45) is 0 Å². The molecule has 0 saturated heterocycles. The van der Waals surface area contributed by atoms with Gasteiger partial charge >= 0.3 is 0 Å². The summed E-state index contributed by atoms with van der Waals surface area (Å²) in [4.78, 5) is 0. The minimum atomic E-state index is -0.227. The Bertz CT molecular complexity index is 957. The van der Waals surface area contributed by atoms with Gasteiger partial charge in [0.2, 0.25) is 0 Å². The molecule has 0 nitrogen and oxygen atoms in total. The third kappa shape index (κ3) is 6.25. The molecule has 3 rings (SSSR count). The van der Waals surface area contributed by atoms with Gasteiger partial charge in [0.25, 0.3) is 0 Å². The van der Waals surface area contributed by atoms with Crippen LogP contribution in [0.5, 0.6) is 0 Å². The standard InChI is InChI=1S/C35H47Cl/c1-32(2,3)26-12-18-29(19-13-26)35(24-10-11-25-36,30-20-14-27(15-21-30)33(4,5)6)31-22-16-28(17-23-31)34(7,8)9/h12-23H,10-11,24-25H2,1-9H3. The van der Waals surface area contributed by atoms with Crippen LogP contribution in [0.4, 0.5) is 0 Å². The van der Waals surface area contributed by atoms with Gasteiger partial charge in [0.05, 0.1) is 0 Å². The van der Waals surface area contributed by atoms with Crippen molar-refractivity contribution in [3.63, 3.8) is 0 Å². The first-order chi connectivity index (χ1) is 16.7. The first kappa shape index (κ1) is 28.5. The fraction of sp³-hybridized carbons (Fsp3) is 0.486. The molecule has 0 fully saturated rings. The molecular formula is C35H47Cl. The smallest absolute Gasteiger partial charge is 0.0451 e. The van der Waals surface area contributed by atoms with Crippen LogP contribution in [0.25, 0.3) is 0 Å². The zero-order valence-corrected chi connectivity index (χ0v) is 24.9. The predicted molar refractivity (Wildman–Crippen MR) is 160 cm³/mol. The van der Waals surface area contributed by atoms with Crippen LogP contribution in [-0.4, -0.2) is 5.88 Å². The quantitative estimate of drug-likeness (QED) is 0.171. The second-order valence-electron chi connectivity index (χ2n) is 13.5. The molecule has 0 bridgehead atoms. The van der Waals surface area contributed by atoms with Gasteiger partial charge in [-0.05, 0) is 62.5 Å². The molecule has 0 aliphatic rings. The predicted octanol–water partition coefficient (Wildman–Crippen LogP) is 10.3. The average Bonchev–Trinajstić information content (AvgIpc) is 2.81. The largest absolute Gasteiger partial charge is 0.127 e. The highest BCUT2D eigenvalue weighted by molar-refractivity contribution is 6.17. The van der Waals surface area contributed by atoms with Gasteiger partial charge < -0.3 is 0 Å². The second kappa shape index (κ2) is 10.7. The lowest BCUT2D eigenvalue weighted by molar-refractivity contribution is 0.524. The second-order valence-corrected chi connectivity index (χ2v) is 13.9. The van der Waals surface area contributed by atoms with E-state index in [2.05, 4.69) is 135 Å². The number of hydrogen-bond donors (Lipinski definition) is 0. The van der Waals surface area contributed by atoms with Crippen LogP contribution in [0.1, 0.15) is 115 Å². The first-order valence-corrected chi connectivity index (χ1v) is 14.1. The summed E-state index contributed by atoms with van der Waals surface area (Å²) in [6, 6.07) is 28.2. The molecule has 0 aromatic heterocycles. The zero-order chi connectivity index (χ0) is 26.8. The molecule has 3 aromatic carbocycles. The molecule has 36 heavy (non-hydrogen) atoms. The lowest BCUT2D eigenvalue weighted by Crippen LogP contribution is -2.30. The Balaban J connectivity index is 2.27. The SMILES string of the molecule is CC(C)(C)c1ccc(C(CCCCCl)(c2ccc(C(C)(C)C)cc2)c2ccc(C(C)(C)C)cc2)cc1. The average molecular weight is 503 g/mol. The monoisotopic (exact) mass is 502 g/mol. The van der Waals surface area contributed by atoms with Gasteiger partial charge in [0.15, 0.2) is 0 Å². The molecule has 3 aromatic rings. The maximum Gasteiger partial charge on any atom is 0.0451 e. The Morgan fingerprint density at radius 1 is 0.417 bits per heavy atom. The van der Waals surface area contributed by atoms with Gasteiger partial charge in [0, 0.05) is 11.3 Å². The molecule has 0 aliphatic heterocycles. The summed E-state index contributed by atoms with van der Waals surface area (Å²) in [5.74, 6) is 0.699. The third-order valence-corrected chi connectivity index (χ3v) is 7.93. The molecule has 0 spiro atoms. The van der Waals surface area contributed by atoms with E-state index in [-0.39, 0.29) is 21.7 Å². The van der Waals surface area contributed by atoms with E-state index < -0.39 is 0 Å².